The number of hydrogen-bond acceptors (Lipinski definition) is 4. The number of anilines is 1. The summed E-state index contributed by atoms with van der Waals surface area (Å²) in [6.07, 6.45) is 3.14. The molecule has 0 fully saturated rings. The van der Waals surface area contributed by atoms with Gasteiger partial charge in [-0.05, 0) is 13.8 Å². The Labute approximate surface area is 108 Å². The first kappa shape index (κ1) is 14.2. The standard InChI is InChI=1S/C10H16ClN3O2S/c1-7(2)14-10(15)9(11)8(6-13-14)12-4-5-17(3)16/h6-7,12H,4-5H2,1-3H3. The van der Waals surface area contributed by atoms with E-state index < -0.39 is 10.8 Å². The average molecular weight is 278 g/mol. The van der Waals surface area contributed by atoms with Gasteiger partial charge in [0.1, 0.15) is 5.02 Å². The molecule has 7 heteroatoms. The van der Waals surface area contributed by atoms with Gasteiger partial charge in [0, 0.05) is 29.4 Å². The van der Waals surface area contributed by atoms with Crippen molar-refractivity contribution >= 4 is 28.1 Å². The Morgan fingerprint density at radius 2 is 2.24 bits per heavy atom. The normalized spacial score (nSPS) is 12.8. The zero-order valence-corrected chi connectivity index (χ0v) is 11.6. The minimum Gasteiger partial charge on any atom is -0.381 e. The van der Waals surface area contributed by atoms with E-state index in [9.17, 15) is 9.00 Å². The molecule has 1 unspecified atom stereocenters. The highest BCUT2D eigenvalue weighted by molar-refractivity contribution is 7.84. The molecule has 0 radical (unpaired) electrons. The van der Waals surface area contributed by atoms with Crippen molar-refractivity contribution < 1.29 is 4.21 Å². The lowest BCUT2D eigenvalue weighted by Gasteiger charge is -2.11. The van der Waals surface area contributed by atoms with E-state index in [0.717, 1.165) is 0 Å². The number of hydrogen-bond donors (Lipinski definition) is 1. The van der Waals surface area contributed by atoms with Gasteiger partial charge in [0.2, 0.25) is 0 Å². The molecule has 1 heterocycles. The highest BCUT2D eigenvalue weighted by Gasteiger charge is 2.10. The third-order valence-corrected chi connectivity index (χ3v) is 3.28. The Kier molecular flexibility index (Phi) is 5.14. The molecule has 0 bridgehead atoms. The maximum Gasteiger partial charge on any atom is 0.287 e. The second-order valence-electron chi connectivity index (χ2n) is 3.92. The van der Waals surface area contributed by atoms with Gasteiger partial charge in [-0.25, -0.2) is 4.68 Å². The van der Waals surface area contributed by atoms with E-state index in [0.29, 0.717) is 18.0 Å². The van der Waals surface area contributed by atoms with Crippen molar-refractivity contribution in [1.29, 1.82) is 0 Å². The topological polar surface area (TPSA) is 64.0 Å². The van der Waals surface area contributed by atoms with E-state index in [-0.39, 0.29) is 16.6 Å². The number of aromatic nitrogens is 2. The first-order valence-electron chi connectivity index (χ1n) is 5.24. The lowest BCUT2D eigenvalue weighted by atomic mass is 10.4. The van der Waals surface area contributed by atoms with Crippen molar-refractivity contribution in [2.24, 2.45) is 0 Å². The second kappa shape index (κ2) is 6.16. The quantitative estimate of drug-likeness (QED) is 0.880. The molecule has 5 nitrogen and oxygen atoms in total. The van der Waals surface area contributed by atoms with Crippen LogP contribution in [0, 0.1) is 0 Å². The molecule has 0 aromatic carbocycles. The summed E-state index contributed by atoms with van der Waals surface area (Å²) in [6, 6.07) is -0.0304. The molecule has 0 spiro atoms. The van der Waals surface area contributed by atoms with Gasteiger partial charge in [0.25, 0.3) is 5.56 Å². The molecule has 0 aliphatic carbocycles. The summed E-state index contributed by atoms with van der Waals surface area (Å²) in [6.45, 7) is 4.21. The summed E-state index contributed by atoms with van der Waals surface area (Å²) in [5.74, 6) is 0.504. The number of nitrogens with zero attached hydrogens (tertiary/aromatic N) is 2. The highest BCUT2D eigenvalue weighted by Crippen LogP contribution is 2.15. The van der Waals surface area contributed by atoms with Crippen LogP contribution in [0.25, 0.3) is 0 Å². The third kappa shape index (κ3) is 3.81. The van der Waals surface area contributed by atoms with Crippen LogP contribution < -0.4 is 10.9 Å². The van der Waals surface area contributed by atoms with E-state index in [1.165, 1.54) is 10.9 Å². The molecule has 1 aromatic rings. The van der Waals surface area contributed by atoms with Crippen LogP contribution in [0.1, 0.15) is 19.9 Å². The number of nitrogens with one attached hydrogen (secondary N) is 1. The van der Waals surface area contributed by atoms with Crippen LogP contribution in [0.5, 0.6) is 0 Å². The van der Waals surface area contributed by atoms with E-state index >= 15 is 0 Å². The second-order valence-corrected chi connectivity index (χ2v) is 5.85. The van der Waals surface area contributed by atoms with E-state index in [1.807, 2.05) is 13.8 Å². The van der Waals surface area contributed by atoms with Gasteiger partial charge in [0.15, 0.2) is 0 Å². The van der Waals surface area contributed by atoms with Gasteiger partial charge in [0.05, 0.1) is 17.9 Å². The summed E-state index contributed by atoms with van der Waals surface area (Å²) in [5.41, 5.74) is 0.170. The minimum atomic E-state index is -0.872. The maximum atomic E-state index is 11.8. The molecule has 1 aromatic heterocycles. The van der Waals surface area contributed by atoms with Crippen LogP contribution in [0.2, 0.25) is 5.02 Å². The largest absolute Gasteiger partial charge is 0.381 e. The van der Waals surface area contributed by atoms with Crippen molar-refractivity contribution in [2.45, 2.75) is 19.9 Å². The molecular formula is C10H16ClN3O2S. The number of rotatable bonds is 5. The fourth-order valence-corrected chi connectivity index (χ4v) is 1.86. The molecule has 0 amide bonds. The van der Waals surface area contributed by atoms with E-state index in [4.69, 9.17) is 11.6 Å². The van der Waals surface area contributed by atoms with Crippen LogP contribution in [0.3, 0.4) is 0 Å². The monoisotopic (exact) mass is 277 g/mol. The van der Waals surface area contributed by atoms with Crippen molar-refractivity contribution in [2.75, 3.05) is 23.9 Å². The zero-order chi connectivity index (χ0) is 13.0. The minimum absolute atomic E-state index is 0.0304. The van der Waals surface area contributed by atoms with Crippen LogP contribution in [0.15, 0.2) is 11.0 Å². The molecule has 0 aliphatic rings. The van der Waals surface area contributed by atoms with Gasteiger partial charge in [-0.2, -0.15) is 5.10 Å². The van der Waals surface area contributed by atoms with Gasteiger partial charge < -0.3 is 5.32 Å². The summed E-state index contributed by atoms with van der Waals surface area (Å²) in [5, 5.41) is 7.09. The molecular weight excluding hydrogens is 262 g/mol. The van der Waals surface area contributed by atoms with Crippen molar-refractivity contribution in [3.8, 4) is 0 Å². The summed E-state index contributed by atoms with van der Waals surface area (Å²) < 4.78 is 12.2. The molecule has 96 valence electrons. The predicted molar refractivity (Wildman–Crippen MR) is 71.3 cm³/mol. The Morgan fingerprint density at radius 1 is 1.59 bits per heavy atom. The predicted octanol–water partition coefficient (Wildman–Crippen LogP) is 1.27. The van der Waals surface area contributed by atoms with Crippen LogP contribution >= 0.6 is 11.6 Å². The van der Waals surface area contributed by atoms with Gasteiger partial charge >= 0.3 is 0 Å². The van der Waals surface area contributed by atoms with Crippen molar-refractivity contribution in [3.63, 3.8) is 0 Å². The van der Waals surface area contributed by atoms with Crippen molar-refractivity contribution in [1.82, 2.24) is 9.78 Å². The third-order valence-electron chi connectivity index (χ3n) is 2.14. The molecule has 0 aliphatic heterocycles. The SMILES string of the molecule is CC(C)n1ncc(NCCS(C)=O)c(Cl)c1=O. The van der Waals surface area contributed by atoms with Gasteiger partial charge in [-0.3, -0.25) is 9.00 Å². The van der Waals surface area contributed by atoms with Gasteiger partial charge in [-0.15, -0.1) is 0 Å². The first-order chi connectivity index (χ1) is 7.93. The molecule has 1 atom stereocenters. The highest BCUT2D eigenvalue weighted by atomic mass is 35.5. The first-order valence-corrected chi connectivity index (χ1v) is 7.35. The lowest BCUT2D eigenvalue weighted by Crippen LogP contribution is -2.26. The maximum absolute atomic E-state index is 11.8. The number of halogens is 1. The molecule has 1 N–H and O–H groups in total. The average Bonchev–Trinajstić information content (AvgIpc) is 2.23. The molecule has 0 saturated carbocycles. The fourth-order valence-electron chi connectivity index (χ4n) is 1.27. The van der Waals surface area contributed by atoms with Crippen LogP contribution in [0.4, 0.5) is 5.69 Å². The van der Waals surface area contributed by atoms with Crippen molar-refractivity contribution in [3.05, 3.63) is 21.6 Å². The Morgan fingerprint density at radius 3 is 2.76 bits per heavy atom. The Bertz CT molecular complexity index is 473. The van der Waals surface area contributed by atoms with Gasteiger partial charge in [-0.1, -0.05) is 11.6 Å². The van der Waals surface area contributed by atoms with E-state index in [2.05, 4.69) is 10.4 Å². The summed E-state index contributed by atoms with van der Waals surface area (Å²) in [7, 11) is -0.872. The lowest BCUT2D eigenvalue weighted by molar-refractivity contribution is 0.503. The van der Waals surface area contributed by atoms with E-state index in [1.54, 1.807) is 6.26 Å². The fraction of sp³-hybridized carbons (Fsp3) is 0.600. The smallest absolute Gasteiger partial charge is 0.287 e. The summed E-state index contributed by atoms with van der Waals surface area (Å²) in [4.78, 5) is 11.8. The summed E-state index contributed by atoms with van der Waals surface area (Å²) >= 11 is 5.95. The molecule has 17 heavy (non-hydrogen) atoms. The van der Waals surface area contributed by atoms with Crippen LogP contribution in [-0.4, -0.2) is 32.5 Å². The molecule has 1 rings (SSSR count). The Balaban J connectivity index is 2.86. The molecule has 0 saturated heterocycles. The zero-order valence-electron chi connectivity index (χ0n) is 10.1. The Hall–Kier alpha value is -0.880. The van der Waals surface area contributed by atoms with Crippen LogP contribution in [-0.2, 0) is 10.8 Å².